The number of hydrogen-bond acceptors (Lipinski definition) is 3. The van der Waals surface area contributed by atoms with E-state index in [2.05, 4.69) is 15.6 Å². The van der Waals surface area contributed by atoms with E-state index >= 15 is 0 Å². The van der Waals surface area contributed by atoms with E-state index in [-0.39, 0.29) is 25.2 Å². The van der Waals surface area contributed by atoms with Crippen LogP contribution in [0.25, 0.3) is 22.2 Å². The molecule has 4 rings (SSSR count). The van der Waals surface area contributed by atoms with Gasteiger partial charge in [0.2, 0.25) is 11.8 Å². The van der Waals surface area contributed by atoms with E-state index in [0.29, 0.717) is 22.2 Å². The standard InChI is InChI=1S/C21H19F2N3O3/c22-12-6-4-11(5-7-12)18-14(13-2-1-3-15(23)19(13)26-18)8-9-17(28)25-20-16(27)10-24-21(20)29/h1-7,16,20,26-27H,8-10H2,(H,24,29)(H,25,28)/t16-,20+/m1/s1. The summed E-state index contributed by atoms with van der Waals surface area (Å²) < 4.78 is 27.6. The Bertz CT molecular complexity index is 1080. The first kappa shape index (κ1) is 19.1. The molecule has 150 valence electrons. The number of nitrogens with one attached hydrogen (secondary N) is 3. The fraction of sp³-hybridized carbons (Fsp3) is 0.238. The molecule has 2 aromatic carbocycles. The lowest BCUT2D eigenvalue weighted by molar-refractivity contribution is -0.128. The fourth-order valence-electron chi connectivity index (χ4n) is 3.61. The molecule has 0 spiro atoms. The molecule has 1 aromatic heterocycles. The van der Waals surface area contributed by atoms with Gasteiger partial charge >= 0.3 is 0 Å². The predicted molar refractivity (Wildman–Crippen MR) is 103 cm³/mol. The van der Waals surface area contributed by atoms with Crippen molar-refractivity contribution >= 4 is 22.7 Å². The highest BCUT2D eigenvalue weighted by Gasteiger charge is 2.34. The van der Waals surface area contributed by atoms with E-state index in [1.54, 1.807) is 24.3 Å². The van der Waals surface area contributed by atoms with E-state index in [0.717, 1.165) is 5.56 Å². The number of amides is 2. The number of carbonyl (C=O) groups excluding carboxylic acids is 2. The summed E-state index contributed by atoms with van der Waals surface area (Å²) in [4.78, 5) is 27.1. The molecular formula is C21H19F2N3O3. The number of hydrogen-bond donors (Lipinski definition) is 4. The molecule has 4 N–H and O–H groups in total. The van der Waals surface area contributed by atoms with Crippen LogP contribution in [0.15, 0.2) is 42.5 Å². The SMILES string of the molecule is O=C(CCc1c(-c2ccc(F)cc2)[nH]c2c(F)cccc12)N[C@@H]1C(=O)NC[C@H]1O. The molecule has 3 aromatic rings. The highest BCUT2D eigenvalue weighted by atomic mass is 19.1. The average Bonchev–Trinajstić information content (AvgIpc) is 3.23. The quantitative estimate of drug-likeness (QED) is 0.529. The van der Waals surface area contributed by atoms with E-state index < -0.39 is 29.8 Å². The van der Waals surface area contributed by atoms with Gasteiger partial charge in [-0.05, 0) is 47.9 Å². The first-order valence-electron chi connectivity index (χ1n) is 9.24. The number of halogens is 2. The second kappa shape index (κ2) is 7.63. The van der Waals surface area contributed by atoms with Crippen molar-refractivity contribution in [3.05, 3.63) is 59.7 Å². The number of aliphatic hydroxyl groups is 1. The highest BCUT2D eigenvalue weighted by Crippen LogP contribution is 2.32. The highest BCUT2D eigenvalue weighted by molar-refractivity contribution is 5.93. The van der Waals surface area contributed by atoms with Gasteiger partial charge in [0.1, 0.15) is 23.8 Å². The summed E-state index contributed by atoms with van der Waals surface area (Å²) in [5.74, 6) is -1.63. The van der Waals surface area contributed by atoms with E-state index in [4.69, 9.17) is 0 Å². The third-order valence-electron chi connectivity index (χ3n) is 5.09. The Morgan fingerprint density at radius 1 is 1.17 bits per heavy atom. The molecule has 0 aliphatic carbocycles. The van der Waals surface area contributed by atoms with Crippen molar-refractivity contribution in [3.63, 3.8) is 0 Å². The summed E-state index contributed by atoms with van der Waals surface area (Å²) in [6.07, 6.45) is -0.663. The molecule has 2 heterocycles. The molecule has 29 heavy (non-hydrogen) atoms. The van der Waals surface area contributed by atoms with Gasteiger partial charge in [0.15, 0.2) is 0 Å². The van der Waals surface area contributed by atoms with Crippen LogP contribution >= 0.6 is 0 Å². The summed E-state index contributed by atoms with van der Waals surface area (Å²) in [7, 11) is 0. The second-order valence-corrected chi connectivity index (χ2v) is 7.01. The summed E-state index contributed by atoms with van der Waals surface area (Å²) in [6.45, 7) is 0.0974. The van der Waals surface area contributed by atoms with E-state index in [9.17, 15) is 23.5 Å². The maximum atomic E-state index is 14.3. The average molecular weight is 399 g/mol. The molecule has 2 atom stereocenters. The smallest absolute Gasteiger partial charge is 0.245 e. The maximum Gasteiger partial charge on any atom is 0.245 e. The molecule has 2 amide bonds. The number of β-amino-alcohol motifs (C(OH)–C–C–N with tert-alkyl or cyclic N) is 1. The van der Waals surface area contributed by atoms with Crippen LogP contribution in [0.3, 0.4) is 0 Å². The zero-order valence-corrected chi connectivity index (χ0v) is 15.3. The molecule has 1 fully saturated rings. The van der Waals surface area contributed by atoms with Crippen molar-refractivity contribution in [1.29, 1.82) is 0 Å². The third kappa shape index (κ3) is 3.71. The molecule has 1 saturated heterocycles. The number of aryl methyl sites for hydroxylation is 1. The van der Waals surface area contributed by atoms with Crippen LogP contribution < -0.4 is 10.6 Å². The zero-order valence-electron chi connectivity index (χ0n) is 15.3. The third-order valence-corrected chi connectivity index (χ3v) is 5.09. The molecular weight excluding hydrogens is 380 g/mol. The zero-order chi connectivity index (χ0) is 20.5. The van der Waals surface area contributed by atoms with E-state index in [1.807, 2.05) is 0 Å². The number of fused-ring (bicyclic) bond motifs is 1. The lowest BCUT2D eigenvalue weighted by Crippen LogP contribution is -2.45. The van der Waals surface area contributed by atoms with Crippen molar-refractivity contribution in [3.8, 4) is 11.3 Å². The van der Waals surface area contributed by atoms with Crippen molar-refractivity contribution < 1.29 is 23.5 Å². The Kier molecular flexibility index (Phi) is 5.02. The molecule has 1 aliphatic heterocycles. The largest absolute Gasteiger partial charge is 0.389 e. The van der Waals surface area contributed by atoms with Gasteiger partial charge in [-0.15, -0.1) is 0 Å². The number of aromatic amines is 1. The number of para-hydroxylation sites is 1. The van der Waals surface area contributed by atoms with Crippen LogP contribution in [0.4, 0.5) is 8.78 Å². The normalized spacial score (nSPS) is 18.8. The number of carbonyl (C=O) groups is 2. The predicted octanol–water partition coefficient (Wildman–Crippen LogP) is 2.02. The summed E-state index contributed by atoms with van der Waals surface area (Å²) in [5, 5.41) is 15.4. The summed E-state index contributed by atoms with van der Waals surface area (Å²) in [5.41, 5.74) is 2.31. The van der Waals surface area contributed by atoms with Gasteiger partial charge in [0, 0.05) is 24.0 Å². The van der Waals surface area contributed by atoms with Crippen LogP contribution in [0.5, 0.6) is 0 Å². The first-order chi connectivity index (χ1) is 13.9. The number of benzene rings is 2. The first-order valence-corrected chi connectivity index (χ1v) is 9.24. The Labute approximate surface area is 164 Å². The molecule has 6 nitrogen and oxygen atoms in total. The lowest BCUT2D eigenvalue weighted by atomic mass is 10.0. The van der Waals surface area contributed by atoms with Gasteiger partial charge in [0.25, 0.3) is 0 Å². The minimum Gasteiger partial charge on any atom is -0.389 e. The second-order valence-electron chi connectivity index (χ2n) is 7.01. The Hall–Kier alpha value is -3.26. The topological polar surface area (TPSA) is 94.2 Å². The molecule has 0 radical (unpaired) electrons. The number of rotatable bonds is 5. The Morgan fingerprint density at radius 3 is 2.62 bits per heavy atom. The lowest BCUT2D eigenvalue weighted by Gasteiger charge is -2.13. The molecule has 0 unspecified atom stereocenters. The van der Waals surface area contributed by atoms with Crippen LogP contribution in [0.2, 0.25) is 0 Å². The summed E-state index contributed by atoms with van der Waals surface area (Å²) in [6, 6.07) is 9.50. The molecule has 0 bridgehead atoms. The Morgan fingerprint density at radius 2 is 1.93 bits per heavy atom. The van der Waals surface area contributed by atoms with Gasteiger partial charge < -0.3 is 20.7 Å². The van der Waals surface area contributed by atoms with Crippen molar-refractivity contribution in [2.45, 2.75) is 25.0 Å². The number of aliphatic hydroxyl groups excluding tert-OH is 1. The minimum atomic E-state index is -0.973. The van der Waals surface area contributed by atoms with Crippen molar-refractivity contribution in [1.82, 2.24) is 15.6 Å². The number of H-pyrrole nitrogens is 1. The fourth-order valence-corrected chi connectivity index (χ4v) is 3.61. The molecule has 1 aliphatic rings. The molecule has 8 heteroatoms. The van der Waals surface area contributed by atoms with Crippen LogP contribution in [0, 0.1) is 11.6 Å². The van der Waals surface area contributed by atoms with Gasteiger partial charge in [-0.2, -0.15) is 0 Å². The maximum absolute atomic E-state index is 14.3. The van der Waals surface area contributed by atoms with Gasteiger partial charge in [-0.1, -0.05) is 12.1 Å². The van der Waals surface area contributed by atoms with Crippen molar-refractivity contribution in [2.24, 2.45) is 0 Å². The van der Waals surface area contributed by atoms with Crippen LogP contribution in [0.1, 0.15) is 12.0 Å². The van der Waals surface area contributed by atoms with Crippen LogP contribution in [-0.2, 0) is 16.0 Å². The number of aromatic nitrogens is 1. The molecule has 0 saturated carbocycles. The van der Waals surface area contributed by atoms with Gasteiger partial charge in [-0.25, -0.2) is 8.78 Å². The van der Waals surface area contributed by atoms with Gasteiger partial charge in [0.05, 0.1) is 5.52 Å². The van der Waals surface area contributed by atoms with Crippen LogP contribution in [-0.4, -0.2) is 40.6 Å². The van der Waals surface area contributed by atoms with Gasteiger partial charge in [-0.3, -0.25) is 9.59 Å². The van der Waals surface area contributed by atoms with Crippen molar-refractivity contribution in [2.75, 3.05) is 6.54 Å². The van der Waals surface area contributed by atoms with E-state index in [1.165, 1.54) is 18.2 Å². The minimum absolute atomic E-state index is 0.0359. The monoisotopic (exact) mass is 399 g/mol. The Balaban J connectivity index is 1.61. The summed E-state index contributed by atoms with van der Waals surface area (Å²) >= 11 is 0.